The van der Waals surface area contributed by atoms with E-state index >= 15 is 0 Å². The van der Waals surface area contributed by atoms with Crippen molar-refractivity contribution in [3.05, 3.63) is 23.8 Å². The standard InChI is InChI=1S/C15H15Br2N3O2/c1-3-8-5-4-6-9-10(8)18-12(21)11(9)19-20-13(22)14(2)7-15(14,16)17/h4-6,18,21H,3,7H2,1-2H3. The van der Waals surface area contributed by atoms with Gasteiger partial charge in [-0.1, -0.05) is 57.0 Å². The molecule has 1 heterocycles. The van der Waals surface area contributed by atoms with Crippen molar-refractivity contribution in [1.82, 2.24) is 4.98 Å². The fourth-order valence-corrected chi connectivity index (χ4v) is 3.94. The quantitative estimate of drug-likeness (QED) is 0.536. The maximum absolute atomic E-state index is 12.2. The molecule has 1 unspecified atom stereocenters. The van der Waals surface area contributed by atoms with Gasteiger partial charge in [0.1, 0.15) is 0 Å². The van der Waals surface area contributed by atoms with Crippen molar-refractivity contribution in [1.29, 1.82) is 0 Å². The number of aryl methyl sites for hydroxylation is 1. The molecule has 1 aliphatic carbocycles. The Labute approximate surface area is 144 Å². The highest BCUT2D eigenvalue weighted by Gasteiger charge is 2.67. The number of nitrogens with zero attached hydrogens (tertiary/aromatic N) is 2. The lowest BCUT2D eigenvalue weighted by atomic mass is 10.1. The Morgan fingerprint density at radius 2 is 2.14 bits per heavy atom. The molecule has 2 aromatic rings. The van der Waals surface area contributed by atoms with Crippen LogP contribution >= 0.6 is 31.9 Å². The summed E-state index contributed by atoms with van der Waals surface area (Å²) in [6.45, 7) is 3.86. The highest BCUT2D eigenvalue weighted by molar-refractivity contribution is 9.25. The molecule has 0 bridgehead atoms. The molecule has 1 saturated carbocycles. The molecule has 1 aliphatic rings. The predicted molar refractivity (Wildman–Crippen MR) is 92.2 cm³/mol. The zero-order valence-electron chi connectivity index (χ0n) is 12.2. The van der Waals surface area contributed by atoms with Gasteiger partial charge in [-0.2, -0.15) is 0 Å². The van der Waals surface area contributed by atoms with Crippen LogP contribution in [0.1, 0.15) is 25.8 Å². The number of aromatic hydroxyl groups is 1. The number of hydrogen-bond acceptors (Lipinski definition) is 3. The third-order valence-corrected chi connectivity index (χ3v) is 6.54. The second-order valence-electron chi connectivity index (χ2n) is 5.73. The van der Waals surface area contributed by atoms with Crippen LogP contribution in [0.5, 0.6) is 5.88 Å². The minimum atomic E-state index is -0.604. The van der Waals surface area contributed by atoms with Gasteiger partial charge in [0.15, 0.2) is 5.69 Å². The zero-order chi connectivity index (χ0) is 16.1. The number of alkyl halides is 2. The summed E-state index contributed by atoms with van der Waals surface area (Å²) in [4.78, 5) is 15.1. The molecule has 2 N–H and O–H groups in total. The number of aromatic amines is 1. The minimum absolute atomic E-state index is 0.0719. The maximum Gasteiger partial charge on any atom is 0.272 e. The van der Waals surface area contributed by atoms with Crippen molar-refractivity contribution >= 4 is 54.4 Å². The van der Waals surface area contributed by atoms with Crippen molar-refractivity contribution in [3.63, 3.8) is 0 Å². The first kappa shape index (κ1) is 15.7. The third-order valence-electron chi connectivity index (χ3n) is 4.23. The lowest BCUT2D eigenvalue weighted by Gasteiger charge is -2.05. The van der Waals surface area contributed by atoms with Crippen LogP contribution in [-0.2, 0) is 11.2 Å². The monoisotopic (exact) mass is 427 g/mol. The summed E-state index contributed by atoms with van der Waals surface area (Å²) in [5.74, 6) is -0.390. The largest absolute Gasteiger partial charge is 0.493 e. The molecule has 0 aliphatic heterocycles. The third kappa shape index (κ3) is 2.31. The van der Waals surface area contributed by atoms with Crippen LogP contribution in [0.2, 0.25) is 0 Å². The van der Waals surface area contributed by atoms with Gasteiger partial charge in [0.2, 0.25) is 5.88 Å². The number of halogens is 2. The van der Waals surface area contributed by atoms with Crippen LogP contribution < -0.4 is 0 Å². The molecular formula is C15H15Br2N3O2. The zero-order valence-corrected chi connectivity index (χ0v) is 15.3. The van der Waals surface area contributed by atoms with E-state index in [1.54, 1.807) is 0 Å². The van der Waals surface area contributed by atoms with E-state index in [0.29, 0.717) is 12.1 Å². The number of fused-ring (bicyclic) bond motifs is 1. The van der Waals surface area contributed by atoms with Gasteiger partial charge >= 0.3 is 0 Å². The number of rotatable bonds is 3. The summed E-state index contributed by atoms with van der Waals surface area (Å²) in [6, 6.07) is 5.74. The van der Waals surface area contributed by atoms with E-state index in [0.717, 1.165) is 22.9 Å². The first-order valence-corrected chi connectivity index (χ1v) is 8.55. The van der Waals surface area contributed by atoms with E-state index in [1.807, 2.05) is 32.0 Å². The van der Waals surface area contributed by atoms with Gasteiger partial charge in [0, 0.05) is 5.39 Å². The number of benzene rings is 1. The summed E-state index contributed by atoms with van der Waals surface area (Å²) in [5.41, 5.74) is 1.61. The Bertz CT molecular complexity index is 797. The van der Waals surface area contributed by atoms with Crippen molar-refractivity contribution in [3.8, 4) is 5.88 Å². The van der Waals surface area contributed by atoms with E-state index in [4.69, 9.17) is 0 Å². The molecule has 1 atom stereocenters. The number of amides is 1. The molecule has 1 amide bonds. The topological polar surface area (TPSA) is 77.8 Å². The average Bonchev–Trinajstić information content (AvgIpc) is 2.83. The Morgan fingerprint density at radius 1 is 1.45 bits per heavy atom. The summed E-state index contributed by atoms with van der Waals surface area (Å²) in [7, 11) is 0. The van der Waals surface area contributed by atoms with Crippen LogP contribution in [-0.4, -0.2) is 19.2 Å². The molecule has 116 valence electrons. The number of H-pyrrole nitrogens is 1. The Balaban J connectivity index is 1.96. The molecule has 7 heteroatoms. The molecule has 22 heavy (non-hydrogen) atoms. The second-order valence-corrected chi connectivity index (χ2v) is 9.51. The first-order valence-electron chi connectivity index (χ1n) is 6.96. The van der Waals surface area contributed by atoms with Crippen LogP contribution in [0.3, 0.4) is 0 Å². The highest BCUT2D eigenvalue weighted by Crippen LogP contribution is 2.66. The molecular weight excluding hydrogens is 414 g/mol. The Hall–Kier alpha value is -1.21. The van der Waals surface area contributed by atoms with E-state index < -0.39 is 8.65 Å². The van der Waals surface area contributed by atoms with Gasteiger partial charge in [-0.05, 0) is 25.3 Å². The van der Waals surface area contributed by atoms with Crippen molar-refractivity contribution in [2.75, 3.05) is 0 Å². The van der Waals surface area contributed by atoms with Crippen LogP contribution in [0.15, 0.2) is 28.4 Å². The lowest BCUT2D eigenvalue weighted by molar-refractivity contribution is -0.122. The van der Waals surface area contributed by atoms with Crippen LogP contribution in [0, 0.1) is 5.41 Å². The number of para-hydroxylation sites is 1. The summed E-state index contributed by atoms with van der Waals surface area (Å²) < 4.78 is -0.402. The Kier molecular flexibility index (Phi) is 3.68. The number of carbonyl (C=O) groups is 1. The summed E-state index contributed by atoms with van der Waals surface area (Å²) in [6.07, 6.45) is 1.48. The second kappa shape index (κ2) is 5.16. The highest BCUT2D eigenvalue weighted by atomic mass is 79.9. The molecule has 5 nitrogen and oxygen atoms in total. The molecule has 0 saturated heterocycles. The number of azo groups is 1. The van der Waals surface area contributed by atoms with Gasteiger partial charge in [-0.15, -0.1) is 10.2 Å². The number of nitrogens with one attached hydrogen (secondary N) is 1. The maximum atomic E-state index is 12.2. The molecule has 0 spiro atoms. The van der Waals surface area contributed by atoms with Gasteiger partial charge in [0.05, 0.1) is 14.2 Å². The first-order chi connectivity index (χ1) is 10.3. The summed E-state index contributed by atoms with van der Waals surface area (Å²) >= 11 is 6.88. The molecule has 1 aromatic heterocycles. The smallest absolute Gasteiger partial charge is 0.272 e. The van der Waals surface area contributed by atoms with E-state index in [9.17, 15) is 9.90 Å². The summed E-state index contributed by atoms with van der Waals surface area (Å²) in [5, 5.41) is 18.6. The SMILES string of the molecule is CCc1cccc2c(N=NC(=O)C3(C)CC3(Br)Br)c(O)[nH]c12. The normalized spacial score (nSPS) is 23.3. The lowest BCUT2D eigenvalue weighted by Crippen LogP contribution is -2.14. The molecule has 0 radical (unpaired) electrons. The van der Waals surface area contributed by atoms with E-state index in [2.05, 4.69) is 47.1 Å². The van der Waals surface area contributed by atoms with Crippen molar-refractivity contribution < 1.29 is 9.90 Å². The fourth-order valence-electron chi connectivity index (χ4n) is 2.48. The van der Waals surface area contributed by atoms with E-state index in [1.165, 1.54) is 0 Å². The Morgan fingerprint density at radius 3 is 2.73 bits per heavy atom. The minimum Gasteiger partial charge on any atom is -0.493 e. The van der Waals surface area contributed by atoms with Crippen LogP contribution in [0.25, 0.3) is 10.9 Å². The van der Waals surface area contributed by atoms with Crippen LogP contribution in [0.4, 0.5) is 5.69 Å². The molecule has 1 fully saturated rings. The average molecular weight is 429 g/mol. The number of hydrogen-bond donors (Lipinski definition) is 2. The predicted octanol–water partition coefficient (Wildman–Crippen LogP) is 4.94. The van der Waals surface area contributed by atoms with Gasteiger partial charge in [-0.3, -0.25) is 4.79 Å². The van der Waals surface area contributed by atoms with Gasteiger partial charge in [0.25, 0.3) is 5.91 Å². The van der Waals surface area contributed by atoms with Gasteiger partial charge in [-0.25, -0.2) is 0 Å². The molecule has 3 rings (SSSR count). The van der Waals surface area contributed by atoms with Crippen molar-refractivity contribution in [2.45, 2.75) is 29.9 Å². The number of aromatic nitrogens is 1. The van der Waals surface area contributed by atoms with Gasteiger partial charge < -0.3 is 10.1 Å². The van der Waals surface area contributed by atoms with E-state index in [-0.39, 0.29) is 11.8 Å². The fraction of sp³-hybridized carbons (Fsp3) is 0.400. The molecule has 1 aromatic carbocycles. The van der Waals surface area contributed by atoms with Crippen molar-refractivity contribution in [2.24, 2.45) is 15.6 Å². The number of carbonyl (C=O) groups excluding carboxylic acids is 1.